The molecule has 1 aromatic carbocycles. The van der Waals surface area contributed by atoms with Crippen LogP contribution in [0.2, 0.25) is 5.02 Å². The first-order chi connectivity index (χ1) is 7.00. The van der Waals surface area contributed by atoms with Crippen LogP contribution in [0.1, 0.15) is 12.0 Å². The Labute approximate surface area is 92.3 Å². The van der Waals surface area contributed by atoms with E-state index in [0.717, 1.165) is 0 Å². The van der Waals surface area contributed by atoms with Crippen LogP contribution in [0.5, 0.6) is 0 Å². The van der Waals surface area contributed by atoms with Crippen molar-refractivity contribution in [2.24, 2.45) is 0 Å². The topological polar surface area (TPSA) is 57.5 Å². The summed E-state index contributed by atoms with van der Waals surface area (Å²) in [5.74, 6) is 0.766. The minimum absolute atomic E-state index is 0.220. The number of terminal acetylenes is 1. The fourth-order valence-corrected chi connectivity index (χ4v) is 1.30. The fraction of sp³-hybridized carbons (Fsp3) is 0.182. The van der Waals surface area contributed by atoms with Crippen LogP contribution in [0.25, 0.3) is 0 Å². The van der Waals surface area contributed by atoms with E-state index in [1.807, 2.05) is 0 Å². The molecule has 1 aromatic rings. The molecule has 1 rings (SSSR count). The van der Waals surface area contributed by atoms with Gasteiger partial charge in [0.2, 0.25) is 0 Å². The molecule has 0 heterocycles. The molecule has 0 saturated heterocycles. The second-order valence-electron chi connectivity index (χ2n) is 3.05. The van der Waals surface area contributed by atoms with Crippen molar-refractivity contribution in [3.05, 3.63) is 34.9 Å². The SMILES string of the molecule is C#CCC(O)(C(=O)O)c1ccc(Cl)cc1. The molecule has 2 N–H and O–H groups in total. The van der Waals surface area contributed by atoms with Crippen molar-refractivity contribution in [1.82, 2.24) is 0 Å². The Morgan fingerprint density at radius 3 is 2.40 bits per heavy atom. The lowest BCUT2D eigenvalue weighted by Crippen LogP contribution is -2.35. The monoisotopic (exact) mass is 224 g/mol. The van der Waals surface area contributed by atoms with E-state index in [9.17, 15) is 9.90 Å². The lowest BCUT2D eigenvalue weighted by atomic mass is 9.91. The molecule has 0 aliphatic carbocycles. The molecule has 0 spiro atoms. The van der Waals surface area contributed by atoms with Gasteiger partial charge >= 0.3 is 5.97 Å². The highest BCUT2D eigenvalue weighted by Crippen LogP contribution is 2.26. The van der Waals surface area contributed by atoms with Crippen molar-refractivity contribution < 1.29 is 15.0 Å². The van der Waals surface area contributed by atoms with Crippen molar-refractivity contribution in [2.45, 2.75) is 12.0 Å². The first-order valence-electron chi connectivity index (χ1n) is 4.16. The molecule has 15 heavy (non-hydrogen) atoms. The molecule has 0 saturated carbocycles. The zero-order chi connectivity index (χ0) is 11.5. The largest absolute Gasteiger partial charge is 0.479 e. The maximum absolute atomic E-state index is 10.9. The molecular formula is C11H9ClO3. The molecule has 1 unspecified atom stereocenters. The standard InChI is InChI=1S/C11H9ClO3/c1-2-7-11(15,10(13)14)8-3-5-9(12)6-4-8/h1,3-6,15H,7H2,(H,13,14). The maximum atomic E-state index is 10.9. The maximum Gasteiger partial charge on any atom is 0.341 e. The highest BCUT2D eigenvalue weighted by Gasteiger charge is 2.37. The van der Waals surface area contributed by atoms with Gasteiger partial charge in [-0.15, -0.1) is 12.3 Å². The van der Waals surface area contributed by atoms with Crippen molar-refractivity contribution >= 4 is 17.6 Å². The molecule has 0 aromatic heterocycles. The molecule has 0 aliphatic heterocycles. The third-order valence-electron chi connectivity index (χ3n) is 2.03. The summed E-state index contributed by atoms with van der Waals surface area (Å²) in [6, 6.07) is 5.88. The molecule has 4 heteroatoms. The first kappa shape index (κ1) is 11.6. The molecular weight excluding hydrogens is 216 g/mol. The quantitative estimate of drug-likeness (QED) is 0.768. The second kappa shape index (κ2) is 4.35. The van der Waals surface area contributed by atoms with E-state index in [-0.39, 0.29) is 12.0 Å². The Balaban J connectivity index is 3.16. The van der Waals surface area contributed by atoms with Gasteiger partial charge in [-0.1, -0.05) is 23.7 Å². The number of carboxylic acid groups (broad SMARTS) is 1. The van der Waals surface area contributed by atoms with Crippen molar-refractivity contribution in [3.8, 4) is 12.3 Å². The lowest BCUT2D eigenvalue weighted by molar-refractivity contribution is -0.159. The summed E-state index contributed by atoms with van der Waals surface area (Å²) in [7, 11) is 0. The molecule has 1 atom stereocenters. The van der Waals surface area contributed by atoms with Gasteiger partial charge in [-0.3, -0.25) is 0 Å². The summed E-state index contributed by atoms with van der Waals surface area (Å²) >= 11 is 5.65. The normalized spacial score (nSPS) is 13.9. The van der Waals surface area contributed by atoms with Gasteiger partial charge in [0.1, 0.15) is 0 Å². The summed E-state index contributed by atoms with van der Waals surface area (Å²) in [5, 5.41) is 19.2. The van der Waals surface area contributed by atoms with Crippen LogP contribution in [-0.4, -0.2) is 16.2 Å². The van der Waals surface area contributed by atoms with E-state index in [0.29, 0.717) is 5.02 Å². The van der Waals surface area contributed by atoms with Crippen LogP contribution in [-0.2, 0) is 10.4 Å². The zero-order valence-electron chi connectivity index (χ0n) is 7.77. The number of hydrogen-bond donors (Lipinski definition) is 2. The number of carboxylic acids is 1. The lowest BCUT2D eigenvalue weighted by Gasteiger charge is -2.21. The van der Waals surface area contributed by atoms with E-state index in [4.69, 9.17) is 23.1 Å². The summed E-state index contributed by atoms with van der Waals surface area (Å²) < 4.78 is 0. The number of carbonyl (C=O) groups is 1. The van der Waals surface area contributed by atoms with E-state index in [2.05, 4.69) is 5.92 Å². The van der Waals surface area contributed by atoms with E-state index in [1.165, 1.54) is 24.3 Å². The molecule has 0 aliphatic rings. The Morgan fingerprint density at radius 2 is 2.00 bits per heavy atom. The van der Waals surface area contributed by atoms with Crippen LogP contribution in [0, 0.1) is 12.3 Å². The van der Waals surface area contributed by atoms with Gasteiger partial charge in [0.05, 0.1) is 6.42 Å². The summed E-state index contributed by atoms with van der Waals surface area (Å²) in [4.78, 5) is 10.9. The van der Waals surface area contributed by atoms with Gasteiger partial charge in [-0.2, -0.15) is 0 Å². The third kappa shape index (κ3) is 2.30. The second-order valence-corrected chi connectivity index (χ2v) is 3.49. The molecule has 3 nitrogen and oxygen atoms in total. The van der Waals surface area contributed by atoms with Crippen LogP contribution < -0.4 is 0 Å². The Morgan fingerprint density at radius 1 is 1.47 bits per heavy atom. The Bertz CT molecular complexity index is 405. The van der Waals surface area contributed by atoms with Crippen molar-refractivity contribution in [2.75, 3.05) is 0 Å². The molecule has 0 radical (unpaired) electrons. The van der Waals surface area contributed by atoms with Gasteiger partial charge in [-0.05, 0) is 17.7 Å². The Hall–Kier alpha value is -1.50. The zero-order valence-corrected chi connectivity index (χ0v) is 8.53. The van der Waals surface area contributed by atoms with Gasteiger partial charge in [-0.25, -0.2) is 4.79 Å². The van der Waals surface area contributed by atoms with Gasteiger partial charge in [0, 0.05) is 5.02 Å². The highest BCUT2D eigenvalue weighted by molar-refractivity contribution is 6.30. The van der Waals surface area contributed by atoms with Crippen LogP contribution in [0.4, 0.5) is 0 Å². The Kier molecular flexibility index (Phi) is 3.35. The summed E-state index contributed by atoms with van der Waals surface area (Å²) in [6.07, 6.45) is 4.73. The average Bonchev–Trinajstić information content (AvgIpc) is 2.18. The number of halogens is 1. The van der Waals surface area contributed by atoms with Gasteiger partial charge in [0.15, 0.2) is 5.60 Å². The van der Waals surface area contributed by atoms with Gasteiger partial charge < -0.3 is 10.2 Å². The molecule has 0 fully saturated rings. The number of rotatable bonds is 3. The average molecular weight is 225 g/mol. The molecule has 0 bridgehead atoms. The van der Waals surface area contributed by atoms with Crippen LogP contribution >= 0.6 is 11.6 Å². The van der Waals surface area contributed by atoms with E-state index < -0.39 is 11.6 Å². The fourth-order valence-electron chi connectivity index (χ4n) is 1.17. The number of benzene rings is 1. The minimum atomic E-state index is -2.04. The van der Waals surface area contributed by atoms with Crippen LogP contribution in [0.3, 0.4) is 0 Å². The molecule has 0 amide bonds. The minimum Gasteiger partial charge on any atom is -0.479 e. The predicted molar refractivity (Wildman–Crippen MR) is 56.4 cm³/mol. The van der Waals surface area contributed by atoms with Crippen LogP contribution in [0.15, 0.2) is 24.3 Å². The van der Waals surface area contributed by atoms with Crippen molar-refractivity contribution in [3.63, 3.8) is 0 Å². The number of aliphatic hydroxyl groups is 1. The highest BCUT2D eigenvalue weighted by atomic mass is 35.5. The van der Waals surface area contributed by atoms with E-state index in [1.54, 1.807) is 0 Å². The van der Waals surface area contributed by atoms with Gasteiger partial charge in [0.25, 0.3) is 0 Å². The van der Waals surface area contributed by atoms with E-state index >= 15 is 0 Å². The first-order valence-corrected chi connectivity index (χ1v) is 4.54. The third-order valence-corrected chi connectivity index (χ3v) is 2.29. The van der Waals surface area contributed by atoms with Crippen molar-refractivity contribution in [1.29, 1.82) is 0 Å². The summed E-state index contributed by atoms with van der Waals surface area (Å²) in [5.41, 5.74) is -1.82. The summed E-state index contributed by atoms with van der Waals surface area (Å²) in [6.45, 7) is 0. The number of hydrogen-bond acceptors (Lipinski definition) is 2. The predicted octanol–water partition coefficient (Wildman–Crippen LogP) is 1.64. The molecule has 78 valence electrons. The number of aliphatic carboxylic acids is 1. The smallest absolute Gasteiger partial charge is 0.341 e.